The topological polar surface area (TPSA) is 99.8 Å². The number of likely N-dealkylation sites (tertiary alicyclic amines) is 1. The zero-order valence-electron chi connectivity index (χ0n) is 27.9. The lowest BCUT2D eigenvalue weighted by Gasteiger charge is -2.31. The molecule has 3 aromatic rings. The number of hydrogen-bond donors (Lipinski definition) is 3. The van der Waals surface area contributed by atoms with E-state index >= 15 is 0 Å². The molecule has 1 saturated heterocycles. The van der Waals surface area contributed by atoms with Crippen molar-refractivity contribution in [3.05, 3.63) is 83.9 Å². The Morgan fingerprint density at radius 3 is 2.30 bits per heavy atom. The van der Waals surface area contributed by atoms with Crippen molar-refractivity contribution < 1.29 is 19.1 Å². The third-order valence-corrected chi connectivity index (χ3v) is 8.20. The maximum Gasteiger partial charge on any atom is 0.243 e. The minimum Gasteiger partial charge on any atom is -0.370 e. The largest absolute Gasteiger partial charge is 0.370 e. The molecule has 0 spiro atoms. The van der Waals surface area contributed by atoms with E-state index in [1.165, 1.54) is 0 Å². The molecule has 3 N–H and O–H groups in total. The predicted octanol–water partition coefficient (Wildman–Crippen LogP) is 5.42. The fraction of sp³-hybridized carbons (Fsp3) is 0.486. The fourth-order valence-electron chi connectivity index (χ4n) is 5.63. The van der Waals surface area contributed by atoms with Gasteiger partial charge < -0.3 is 25.6 Å². The van der Waals surface area contributed by atoms with Gasteiger partial charge in [0, 0.05) is 31.5 Å². The van der Waals surface area contributed by atoms with Gasteiger partial charge in [-0.05, 0) is 61.6 Å². The Hall–Kier alpha value is -3.46. The van der Waals surface area contributed by atoms with Crippen molar-refractivity contribution in [2.75, 3.05) is 26.2 Å². The molecular weight excluding hydrogens is 600 g/mol. The van der Waals surface area contributed by atoms with Gasteiger partial charge in [0.25, 0.3) is 0 Å². The number of amides is 3. The van der Waals surface area contributed by atoms with E-state index in [4.69, 9.17) is 4.74 Å². The molecule has 46 heavy (non-hydrogen) atoms. The zero-order chi connectivity index (χ0) is 32.5. The van der Waals surface area contributed by atoms with Gasteiger partial charge in [-0.15, -0.1) is 12.4 Å². The van der Waals surface area contributed by atoms with Crippen molar-refractivity contribution in [1.29, 1.82) is 0 Å². The molecule has 2 atom stereocenters. The molecule has 250 valence electrons. The number of carbonyl (C=O) groups is 3. The van der Waals surface area contributed by atoms with E-state index < -0.39 is 17.5 Å². The van der Waals surface area contributed by atoms with Gasteiger partial charge in [0.1, 0.15) is 12.1 Å². The second-order valence-electron chi connectivity index (χ2n) is 13.7. The van der Waals surface area contributed by atoms with Crippen molar-refractivity contribution in [2.24, 2.45) is 5.41 Å². The molecule has 0 aromatic heterocycles. The number of nitrogens with one attached hydrogen (secondary N) is 3. The molecule has 1 aliphatic rings. The second kappa shape index (κ2) is 16.9. The summed E-state index contributed by atoms with van der Waals surface area (Å²) in [6, 6.07) is 23.0. The Kier molecular flexibility index (Phi) is 13.6. The summed E-state index contributed by atoms with van der Waals surface area (Å²) < 4.78 is 6.10. The number of rotatable bonds is 14. The summed E-state index contributed by atoms with van der Waals surface area (Å²) >= 11 is 0. The lowest BCUT2D eigenvalue weighted by molar-refractivity contribution is -0.145. The van der Waals surface area contributed by atoms with E-state index in [1.54, 1.807) is 4.90 Å². The maximum atomic E-state index is 13.6. The van der Waals surface area contributed by atoms with Crippen molar-refractivity contribution in [3.8, 4) is 0 Å². The van der Waals surface area contributed by atoms with E-state index in [2.05, 4.69) is 54.1 Å². The van der Waals surface area contributed by atoms with Crippen LogP contribution >= 0.6 is 12.4 Å². The van der Waals surface area contributed by atoms with Crippen LogP contribution in [0.2, 0.25) is 0 Å². The second-order valence-corrected chi connectivity index (χ2v) is 13.7. The van der Waals surface area contributed by atoms with E-state index in [9.17, 15) is 14.4 Å². The molecule has 4 rings (SSSR count). The van der Waals surface area contributed by atoms with Crippen LogP contribution in [-0.4, -0.2) is 66.5 Å². The molecule has 9 heteroatoms. The first-order valence-corrected chi connectivity index (χ1v) is 16.2. The van der Waals surface area contributed by atoms with Crippen LogP contribution in [0.4, 0.5) is 0 Å². The van der Waals surface area contributed by atoms with Gasteiger partial charge in [-0.1, -0.05) is 93.6 Å². The van der Waals surface area contributed by atoms with Crippen LogP contribution in [0, 0.1) is 5.41 Å². The zero-order valence-corrected chi connectivity index (χ0v) is 28.8. The Balaban J connectivity index is 0.00000576. The monoisotopic (exact) mass is 650 g/mol. The third kappa shape index (κ3) is 10.8. The van der Waals surface area contributed by atoms with Crippen molar-refractivity contribution in [1.82, 2.24) is 20.9 Å². The summed E-state index contributed by atoms with van der Waals surface area (Å²) in [5, 5.41) is 11.7. The minimum absolute atomic E-state index is 0. The summed E-state index contributed by atoms with van der Waals surface area (Å²) in [5.74, 6) is -0.544. The summed E-state index contributed by atoms with van der Waals surface area (Å²) in [4.78, 5) is 41.8. The smallest absolute Gasteiger partial charge is 0.243 e. The molecule has 0 bridgehead atoms. The molecule has 1 aliphatic heterocycles. The Morgan fingerprint density at radius 1 is 0.891 bits per heavy atom. The number of nitrogens with zero attached hydrogens (tertiary/aromatic N) is 1. The lowest BCUT2D eigenvalue weighted by atomic mass is 9.94. The molecular formula is C37H51ClN4O4. The molecule has 0 aliphatic carbocycles. The van der Waals surface area contributed by atoms with E-state index in [0.29, 0.717) is 45.6 Å². The number of benzene rings is 3. The summed E-state index contributed by atoms with van der Waals surface area (Å²) in [5.41, 5.74) is 1.18. The predicted molar refractivity (Wildman–Crippen MR) is 187 cm³/mol. The number of fused-ring (bicyclic) bond motifs is 1. The molecule has 0 unspecified atom stereocenters. The highest BCUT2D eigenvalue weighted by atomic mass is 35.5. The molecule has 1 fully saturated rings. The van der Waals surface area contributed by atoms with Gasteiger partial charge in [-0.3, -0.25) is 14.4 Å². The van der Waals surface area contributed by atoms with Crippen molar-refractivity contribution >= 4 is 40.9 Å². The average Bonchev–Trinajstić information content (AvgIpc) is 3.51. The number of ether oxygens (including phenoxy) is 1. The van der Waals surface area contributed by atoms with Gasteiger partial charge in [0.15, 0.2) is 0 Å². The molecule has 0 saturated carbocycles. The first kappa shape index (κ1) is 37.0. The highest BCUT2D eigenvalue weighted by molar-refractivity contribution is 5.93. The highest BCUT2D eigenvalue weighted by Crippen LogP contribution is 2.26. The molecule has 3 aromatic carbocycles. The first-order valence-electron chi connectivity index (χ1n) is 16.2. The van der Waals surface area contributed by atoms with Crippen LogP contribution in [0.1, 0.15) is 65.0 Å². The van der Waals surface area contributed by atoms with Gasteiger partial charge in [0.05, 0.1) is 12.2 Å². The summed E-state index contributed by atoms with van der Waals surface area (Å²) in [7, 11) is 0. The van der Waals surface area contributed by atoms with Gasteiger partial charge in [0.2, 0.25) is 17.7 Å². The summed E-state index contributed by atoms with van der Waals surface area (Å²) in [6.45, 7) is 12.7. The standard InChI is InChI=1S/C37H50N4O4.ClH/c1-36(2,3)35(44)41-22-11-17-32(41)34(43)40-31(24-28-18-19-29-15-9-10-16-30(29)23-28)33(42)39-21-12-20-38-26-37(4,5)45-25-27-13-7-6-8-14-27;/h6-10,13-16,18-19,23,31-32,38H,11-12,17,20-22,24-26H2,1-5H3,(H,39,42)(H,40,43);1H/t31-,32+;/m1./s1. The first-order chi connectivity index (χ1) is 21.4. The van der Waals surface area contributed by atoms with Gasteiger partial charge in [-0.25, -0.2) is 0 Å². The van der Waals surface area contributed by atoms with Crippen LogP contribution in [0.3, 0.4) is 0 Å². The summed E-state index contributed by atoms with van der Waals surface area (Å²) in [6.07, 6.45) is 2.44. The minimum atomic E-state index is -0.760. The Labute approximate surface area is 280 Å². The van der Waals surface area contributed by atoms with Crippen LogP contribution in [-0.2, 0) is 32.1 Å². The van der Waals surface area contributed by atoms with Crippen LogP contribution < -0.4 is 16.0 Å². The van der Waals surface area contributed by atoms with Gasteiger partial charge >= 0.3 is 0 Å². The number of carbonyl (C=O) groups excluding carboxylic acids is 3. The molecule has 3 amide bonds. The SMILES string of the molecule is CC(C)(CNCCCNC(=O)[C@@H](Cc1ccc2ccccc2c1)NC(=O)[C@@H]1CCCN1C(=O)C(C)(C)C)OCc1ccccc1.Cl. The van der Waals surface area contributed by atoms with Crippen LogP contribution in [0.25, 0.3) is 10.8 Å². The molecule has 0 radical (unpaired) electrons. The normalized spacial score (nSPS) is 15.7. The highest BCUT2D eigenvalue weighted by Gasteiger charge is 2.39. The number of hydrogen-bond acceptors (Lipinski definition) is 5. The van der Waals surface area contributed by atoms with Crippen molar-refractivity contribution in [2.45, 2.75) is 84.6 Å². The van der Waals surface area contributed by atoms with Crippen molar-refractivity contribution in [3.63, 3.8) is 0 Å². The van der Waals surface area contributed by atoms with E-state index in [0.717, 1.165) is 34.7 Å². The average molecular weight is 651 g/mol. The fourth-order valence-corrected chi connectivity index (χ4v) is 5.63. The van der Waals surface area contributed by atoms with E-state index in [-0.39, 0.29) is 35.7 Å². The Morgan fingerprint density at radius 2 is 1.59 bits per heavy atom. The van der Waals surface area contributed by atoms with Crippen LogP contribution in [0.15, 0.2) is 72.8 Å². The van der Waals surface area contributed by atoms with Crippen LogP contribution in [0.5, 0.6) is 0 Å². The van der Waals surface area contributed by atoms with E-state index in [1.807, 2.05) is 69.3 Å². The van der Waals surface area contributed by atoms with Gasteiger partial charge in [-0.2, -0.15) is 0 Å². The molecule has 8 nitrogen and oxygen atoms in total. The quantitative estimate of drug-likeness (QED) is 0.203. The lowest BCUT2D eigenvalue weighted by Crippen LogP contribution is -2.55. The maximum absolute atomic E-state index is 13.6. The molecule has 1 heterocycles. The number of halogens is 1. The Bertz CT molecular complexity index is 1440. The third-order valence-electron chi connectivity index (χ3n) is 8.20.